The number of hydrogen-bond acceptors (Lipinski definition) is 2. The third-order valence-corrected chi connectivity index (χ3v) is 4.17. The second-order valence-electron chi connectivity index (χ2n) is 4.33. The normalized spacial score (nSPS) is 12.4. The molecular formula is C15H22ClNS. The van der Waals surface area contributed by atoms with E-state index in [1.165, 1.54) is 10.5 Å². The van der Waals surface area contributed by atoms with Crippen LogP contribution in [0.2, 0.25) is 5.02 Å². The zero-order chi connectivity index (χ0) is 13.4. The second kappa shape index (κ2) is 8.63. The number of halogens is 1. The maximum absolute atomic E-state index is 5.99. The number of benzene rings is 1. The Morgan fingerprint density at radius 2 is 2.22 bits per heavy atom. The zero-order valence-electron chi connectivity index (χ0n) is 11.2. The molecule has 0 amide bonds. The fraction of sp³-hybridized carbons (Fsp3) is 0.467. The molecule has 1 N–H and O–H groups in total. The minimum Gasteiger partial charge on any atom is -0.313 e. The highest BCUT2D eigenvalue weighted by Gasteiger charge is 2.09. The van der Waals surface area contributed by atoms with E-state index in [1.54, 1.807) is 0 Å². The second-order valence-corrected chi connectivity index (χ2v) is 5.86. The summed E-state index contributed by atoms with van der Waals surface area (Å²) in [6, 6.07) is 8.52. The van der Waals surface area contributed by atoms with Gasteiger partial charge in [-0.15, -0.1) is 11.8 Å². The average molecular weight is 284 g/mol. The highest BCUT2D eigenvalue weighted by molar-refractivity contribution is 7.99. The van der Waals surface area contributed by atoms with E-state index >= 15 is 0 Å². The van der Waals surface area contributed by atoms with Gasteiger partial charge in [-0.25, -0.2) is 0 Å². The summed E-state index contributed by atoms with van der Waals surface area (Å²) in [6.07, 6.45) is 2.11. The summed E-state index contributed by atoms with van der Waals surface area (Å²) in [4.78, 5) is 1.23. The van der Waals surface area contributed by atoms with E-state index in [9.17, 15) is 0 Å². The first-order valence-corrected chi connectivity index (χ1v) is 7.80. The summed E-state index contributed by atoms with van der Waals surface area (Å²) in [6.45, 7) is 9.40. The molecule has 1 unspecified atom stereocenters. The molecule has 0 radical (unpaired) electrons. The van der Waals surface area contributed by atoms with Crippen LogP contribution in [-0.4, -0.2) is 18.3 Å². The molecule has 0 spiro atoms. The van der Waals surface area contributed by atoms with Gasteiger partial charge in [0.1, 0.15) is 0 Å². The van der Waals surface area contributed by atoms with Gasteiger partial charge in [0, 0.05) is 21.7 Å². The van der Waals surface area contributed by atoms with Crippen molar-refractivity contribution in [1.82, 2.24) is 5.32 Å². The van der Waals surface area contributed by atoms with Crippen molar-refractivity contribution in [3.05, 3.63) is 41.4 Å². The van der Waals surface area contributed by atoms with E-state index < -0.39 is 0 Å². The Bertz CT molecular complexity index is 379. The first-order valence-electron chi connectivity index (χ1n) is 6.44. The average Bonchev–Trinajstić information content (AvgIpc) is 2.36. The Balaban J connectivity index is 2.48. The van der Waals surface area contributed by atoms with Crippen molar-refractivity contribution in [3.63, 3.8) is 0 Å². The first kappa shape index (κ1) is 15.6. The molecule has 0 saturated heterocycles. The van der Waals surface area contributed by atoms with Gasteiger partial charge in [-0.3, -0.25) is 0 Å². The van der Waals surface area contributed by atoms with Gasteiger partial charge in [0.15, 0.2) is 0 Å². The van der Waals surface area contributed by atoms with Crippen molar-refractivity contribution < 1.29 is 0 Å². The van der Waals surface area contributed by atoms with Crippen LogP contribution in [0.5, 0.6) is 0 Å². The molecule has 3 heteroatoms. The Kier molecular flexibility index (Phi) is 7.48. The van der Waals surface area contributed by atoms with Gasteiger partial charge in [-0.1, -0.05) is 43.7 Å². The largest absolute Gasteiger partial charge is 0.313 e. The van der Waals surface area contributed by atoms with E-state index in [4.69, 9.17) is 11.6 Å². The third kappa shape index (κ3) is 5.94. The monoisotopic (exact) mass is 283 g/mol. The van der Waals surface area contributed by atoms with Crippen LogP contribution < -0.4 is 5.32 Å². The fourth-order valence-electron chi connectivity index (χ4n) is 1.73. The molecule has 0 aliphatic carbocycles. The van der Waals surface area contributed by atoms with Crippen LogP contribution in [0.25, 0.3) is 0 Å². The summed E-state index contributed by atoms with van der Waals surface area (Å²) < 4.78 is 0. The van der Waals surface area contributed by atoms with E-state index in [1.807, 2.05) is 30.0 Å². The lowest BCUT2D eigenvalue weighted by Crippen LogP contribution is -2.31. The smallest absolute Gasteiger partial charge is 0.0417 e. The number of hydrogen-bond donors (Lipinski definition) is 1. The number of nitrogens with one attached hydrogen (secondary N) is 1. The van der Waals surface area contributed by atoms with Gasteiger partial charge in [-0.2, -0.15) is 0 Å². The molecule has 0 aliphatic rings. The Morgan fingerprint density at radius 1 is 1.44 bits per heavy atom. The van der Waals surface area contributed by atoms with Crippen molar-refractivity contribution in [2.75, 3.05) is 12.3 Å². The van der Waals surface area contributed by atoms with Gasteiger partial charge < -0.3 is 5.32 Å². The molecule has 0 aromatic heterocycles. The summed E-state index contributed by atoms with van der Waals surface area (Å²) in [5.41, 5.74) is 1.31. The van der Waals surface area contributed by atoms with Crippen LogP contribution >= 0.6 is 23.4 Å². The van der Waals surface area contributed by atoms with E-state index in [0.29, 0.717) is 6.04 Å². The van der Waals surface area contributed by atoms with Crippen molar-refractivity contribution in [2.24, 2.45) is 0 Å². The van der Waals surface area contributed by atoms with E-state index in [2.05, 4.69) is 31.8 Å². The predicted molar refractivity (Wildman–Crippen MR) is 83.7 cm³/mol. The Hall–Kier alpha value is -0.440. The minimum atomic E-state index is 0.492. The molecule has 0 aliphatic heterocycles. The van der Waals surface area contributed by atoms with Crippen LogP contribution in [0.3, 0.4) is 0 Å². The van der Waals surface area contributed by atoms with Crippen molar-refractivity contribution >= 4 is 23.4 Å². The minimum absolute atomic E-state index is 0.492. The zero-order valence-corrected chi connectivity index (χ0v) is 12.8. The van der Waals surface area contributed by atoms with Crippen LogP contribution in [0, 0.1) is 0 Å². The maximum Gasteiger partial charge on any atom is 0.0417 e. The van der Waals surface area contributed by atoms with Crippen LogP contribution in [0.4, 0.5) is 0 Å². The lowest BCUT2D eigenvalue weighted by atomic mass is 10.1. The van der Waals surface area contributed by atoms with Crippen LogP contribution in [0.1, 0.15) is 26.7 Å². The molecular weight excluding hydrogens is 262 g/mol. The highest BCUT2D eigenvalue weighted by Crippen LogP contribution is 2.23. The van der Waals surface area contributed by atoms with Crippen LogP contribution in [0.15, 0.2) is 41.3 Å². The molecule has 0 bridgehead atoms. The lowest BCUT2D eigenvalue weighted by molar-refractivity contribution is 0.565. The maximum atomic E-state index is 5.99. The summed E-state index contributed by atoms with van der Waals surface area (Å²) in [5.74, 6) is 1.05. The first-order chi connectivity index (χ1) is 8.65. The third-order valence-electron chi connectivity index (χ3n) is 2.78. The number of rotatable bonds is 8. The predicted octanol–water partition coefficient (Wildman–Crippen LogP) is 4.77. The molecule has 18 heavy (non-hydrogen) atoms. The summed E-state index contributed by atoms with van der Waals surface area (Å²) >= 11 is 7.83. The van der Waals surface area contributed by atoms with Crippen molar-refractivity contribution in [3.8, 4) is 0 Å². The molecule has 100 valence electrons. The molecule has 0 saturated carbocycles. The molecule has 1 aromatic carbocycles. The van der Waals surface area contributed by atoms with E-state index in [0.717, 1.165) is 30.2 Å². The number of thioether (sulfide) groups is 1. The molecule has 1 nitrogen and oxygen atoms in total. The SMILES string of the molecule is C=C(CC)CC(CSc1cccc(Cl)c1)NCC. The standard InChI is InChI=1S/C15H22ClNS/c1-4-12(3)9-14(17-5-2)11-18-15-8-6-7-13(16)10-15/h6-8,10,14,17H,3-5,9,11H2,1-2H3. The Morgan fingerprint density at radius 3 is 2.83 bits per heavy atom. The van der Waals surface area contributed by atoms with E-state index in [-0.39, 0.29) is 0 Å². The van der Waals surface area contributed by atoms with Gasteiger partial charge in [0.25, 0.3) is 0 Å². The fourth-order valence-corrected chi connectivity index (χ4v) is 2.99. The van der Waals surface area contributed by atoms with Gasteiger partial charge >= 0.3 is 0 Å². The van der Waals surface area contributed by atoms with Gasteiger partial charge in [0.2, 0.25) is 0 Å². The molecule has 0 heterocycles. The lowest BCUT2D eigenvalue weighted by Gasteiger charge is -2.18. The van der Waals surface area contributed by atoms with Crippen molar-refractivity contribution in [2.45, 2.75) is 37.6 Å². The van der Waals surface area contributed by atoms with Crippen molar-refractivity contribution in [1.29, 1.82) is 0 Å². The molecule has 1 atom stereocenters. The summed E-state index contributed by atoms with van der Waals surface area (Å²) in [7, 11) is 0. The molecule has 1 aromatic rings. The molecule has 1 rings (SSSR count). The molecule has 0 fully saturated rings. The Labute approximate surface area is 120 Å². The topological polar surface area (TPSA) is 12.0 Å². The quantitative estimate of drug-likeness (QED) is 0.545. The van der Waals surface area contributed by atoms with Gasteiger partial charge in [-0.05, 0) is 37.6 Å². The van der Waals surface area contributed by atoms with Gasteiger partial charge in [0.05, 0.1) is 0 Å². The highest BCUT2D eigenvalue weighted by atomic mass is 35.5. The summed E-state index contributed by atoms with van der Waals surface area (Å²) in [5, 5.41) is 4.32. The van der Waals surface area contributed by atoms with Crippen LogP contribution in [-0.2, 0) is 0 Å².